The fourth-order valence-corrected chi connectivity index (χ4v) is 4.47. The molecule has 0 radical (unpaired) electrons. The van der Waals surface area contributed by atoms with Crippen LogP contribution in [-0.2, 0) is 25.5 Å². The lowest BCUT2D eigenvalue weighted by Gasteiger charge is -2.22. The van der Waals surface area contributed by atoms with E-state index in [0.717, 1.165) is 27.7 Å². The molecule has 5 nitrogen and oxygen atoms in total. The second-order valence-corrected chi connectivity index (χ2v) is 10.6. The van der Waals surface area contributed by atoms with E-state index in [1.807, 2.05) is 98.8 Å². The maximum atomic E-state index is 13.0. The minimum absolute atomic E-state index is 0.0171. The number of benzene rings is 3. The predicted octanol–water partition coefficient (Wildman–Crippen LogP) is 6.65. The highest BCUT2D eigenvalue weighted by molar-refractivity contribution is 5.95. The number of furan rings is 1. The highest BCUT2D eigenvalue weighted by atomic mass is 16.6. The number of fused-ring (bicyclic) bond motifs is 1. The van der Waals surface area contributed by atoms with Crippen molar-refractivity contribution in [2.24, 2.45) is 5.41 Å². The number of ether oxygens (including phenoxy) is 2. The average molecular weight is 519 g/mol. The van der Waals surface area contributed by atoms with Gasteiger partial charge < -0.3 is 13.9 Å². The highest BCUT2D eigenvalue weighted by Crippen LogP contribution is 2.29. The molecule has 5 rings (SSSR count). The van der Waals surface area contributed by atoms with E-state index < -0.39 is 11.5 Å². The van der Waals surface area contributed by atoms with Crippen molar-refractivity contribution in [2.75, 3.05) is 6.61 Å². The minimum atomic E-state index is -0.826. The topological polar surface area (TPSA) is 65.7 Å². The van der Waals surface area contributed by atoms with Crippen LogP contribution in [0, 0.1) is 24.2 Å². The highest BCUT2D eigenvalue weighted by Gasteiger charge is 2.34. The van der Waals surface area contributed by atoms with Gasteiger partial charge >= 0.3 is 11.9 Å². The molecule has 0 saturated carbocycles. The summed E-state index contributed by atoms with van der Waals surface area (Å²) in [5.74, 6) is 6.35. The van der Waals surface area contributed by atoms with E-state index in [1.165, 1.54) is 5.56 Å². The summed E-state index contributed by atoms with van der Waals surface area (Å²) in [6, 6.07) is 25.5. The molecule has 0 aliphatic carbocycles. The van der Waals surface area contributed by atoms with Gasteiger partial charge in [-0.05, 0) is 68.8 Å². The first-order valence-electron chi connectivity index (χ1n) is 13.0. The molecule has 1 unspecified atom stereocenters. The Hall–Kier alpha value is -4.56. The fourth-order valence-electron chi connectivity index (χ4n) is 4.47. The zero-order valence-electron chi connectivity index (χ0n) is 22.3. The lowest BCUT2D eigenvalue weighted by Crippen LogP contribution is -2.31. The van der Waals surface area contributed by atoms with Crippen LogP contribution >= 0.6 is 0 Å². The molecule has 1 fully saturated rings. The van der Waals surface area contributed by atoms with Gasteiger partial charge in [-0.2, -0.15) is 0 Å². The van der Waals surface area contributed by atoms with Gasteiger partial charge in [0, 0.05) is 34.9 Å². The standard InChI is InChI=1S/C34H30O5/c1-23-9-11-24(12-10-23)13-14-26-15-16-31-27(17-26)19-29(38-31)21-34(2,3)33(36)37-22-30-20-28(32(35)39-30)18-25-7-5-4-6-8-25/h4-12,15-19,30H,20-22H2,1-3H3/b28-18+. The first-order valence-corrected chi connectivity index (χ1v) is 13.0. The van der Waals surface area contributed by atoms with Crippen molar-refractivity contribution in [3.05, 3.63) is 112 Å². The molecule has 0 bridgehead atoms. The molecule has 1 aromatic heterocycles. The van der Waals surface area contributed by atoms with E-state index in [1.54, 1.807) is 0 Å². The number of carbonyl (C=O) groups excluding carboxylic acids is 2. The first kappa shape index (κ1) is 26.1. The lowest BCUT2D eigenvalue weighted by molar-refractivity contribution is -0.160. The van der Waals surface area contributed by atoms with Crippen LogP contribution in [-0.4, -0.2) is 24.6 Å². The van der Waals surface area contributed by atoms with Gasteiger partial charge in [0.25, 0.3) is 0 Å². The molecule has 3 aromatic carbocycles. The Morgan fingerprint density at radius 1 is 1.00 bits per heavy atom. The molecule has 2 heterocycles. The Labute approximate surface area is 228 Å². The van der Waals surface area contributed by atoms with Crippen molar-refractivity contribution in [3.8, 4) is 11.8 Å². The smallest absolute Gasteiger partial charge is 0.334 e. The Bertz CT molecular complexity index is 1590. The summed E-state index contributed by atoms with van der Waals surface area (Å²) < 4.78 is 17.0. The number of aryl methyl sites for hydroxylation is 1. The van der Waals surface area contributed by atoms with Gasteiger partial charge in [-0.25, -0.2) is 4.79 Å². The van der Waals surface area contributed by atoms with Crippen LogP contribution in [0.25, 0.3) is 17.0 Å². The molecule has 39 heavy (non-hydrogen) atoms. The number of cyclic esters (lactones) is 1. The molecule has 196 valence electrons. The van der Waals surface area contributed by atoms with Crippen LogP contribution in [0.3, 0.4) is 0 Å². The second-order valence-electron chi connectivity index (χ2n) is 10.6. The Morgan fingerprint density at radius 3 is 2.49 bits per heavy atom. The maximum Gasteiger partial charge on any atom is 0.334 e. The van der Waals surface area contributed by atoms with Crippen LogP contribution in [0.5, 0.6) is 0 Å². The van der Waals surface area contributed by atoms with Gasteiger partial charge in [-0.1, -0.05) is 59.9 Å². The number of hydrogen-bond acceptors (Lipinski definition) is 5. The molecule has 5 heteroatoms. The summed E-state index contributed by atoms with van der Waals surface area (Å²) in [6.45, 7) is 5.71. The van der Waals surface area contributed by atoms with Gasteiger partial charge in [-0.15, -0.1) is 0 Å². The van der Waals surface area contributed by atoms with Crippen molar-refractivity contribution in [3.63, 3.8) is 0 Å². The van der Waals surface area contributed by atoms with Crippen molar-refractivity contribution >= 4 is 29.0 Å². The third kappa shape index (κ3) is 6.48. The first-order chi connectivity index (χ1) is 18.7. The van der Waals surface area contributed by atoms with Crippen LogP contribution in [0.1, 0.15) is 48.3 Å². The molecule has 0 spiro atoms. The van der Waals surface area contributed by atoms with Crippen LogP contribution in [0.4, 0.5) is 0 Å². The molecule has 1 aliphatic rings. The summed E-state index contributed by atoms with van der Waals surface area (Å²) >= 11 is 0. The summed E-state index contributed by atoms with van der Waals surface area (Å²) in [6.07, 6.45) is 2.10. The molecule has 4 aromatic rings. The van der Waals surface area contributed by atoms with Crippen molar-refractivity contribution in [1.82, 2.24) is 0 Å². The summed E-state index contributed by atoms with van der Waals surface area (Å²) in [4.78, 5) is 25.2. The van der Waals surface area contributed by atoms with Gasteiger partial charge in [-0.3, -0.25) is 4.79 Å². The van der Waals surface area contributed by atoms with Gasteiger partial charge in [0.2, 0.25) is 0 Å². The van der Waals surface area contributed by atoms with E-state index in [-0.39, 0.29) is 18.5 Å². The van der Waals surface area contributed by atoms with Crippen molar-refractivity contribution in [2.45, 2.75) is 39.7 Å². The Morgan fingerprint density at radius 2 is 1.72 bits per heavy atom. The van der Waals surface area contributed by atoms with Crippen LogP contribution in [0.2, 0.25) is 0 Å². The quantitative estimate of drug-likeness (QED) is 0.162. The second kappa shape index (κ2) is 11.0. The number of carbonyl (C=O) groups is 2. The van der Waals surface area contributed by atoms with Gasteiger partial charge in [0.05, 0.1) is 5.41 Å². The van der Waals surface area contributed by atoms with Gasteiger partial charge in [0.15, 0.2) is 0 Å². The zero-order chi connectivity index (χ0) is 27.4. The van der Waals surface area contributed by atoms with E-state index >= 15 is 0 Å². The summed E-state index contributed by atoms with van der Waals surface area (Å²) in [5.41, 5.74) is 4.47. The average Bonchev–Trinajstić information content (AvgIpc) is 3.48. The molecular formula is C34H30O5. The summed E-state index contributed by atoms with van der Waals surface area (Å²) in [5, 5.41) is 0.931. The van der Waals surface area contributed by atoms with Crippen LogP contribution in [0.15, 0.2) is 88.9 Å². The molecule has 1 atom stereocenters. The van der Waals surface area contributed by atoms with E-state index in [4.69, 9.17) is 13.9 Å². The Balaban J connectivity index is 1.19. The number of esters is 2. The van der Waals surface area contributed by atoms with Gasteiger partial charge in [0.1, 0.15) is 24.1 Å². The Kier molecular flexibility index (Phi) is 7.38. The summed E-state index contributed by atoms with van der Waals surface area (Å²) in [7, 11) is 0. The predicted molar refractivity (Wildman–Crippen MR) is 151 cm³/mol. The van der Waals surface area contributed by atoms with Crippen LogP contribution < -0.4 is 0 Å². The van der Waals surface area contributed by atoms with E-state index in [2.05, 4.69) is 18.8 Å². The molecule has 1 aliphatic heterocycles. The maximum absolute atomic E-state index is 13.0. The third-order valence-corrected chi connectivity index (χ3v) is 6.66. The third-order valence-electron chi connectivity index (χ3n) is 6.66. The van der Waals surface area contributed by atoms with Crippen molar-refractivity contribution < 1.29 is 23.5 Å². The van der Waals surface area contributed by atoms with E-state index in [0.29, 0.717) is 24.2 Å². The monoisotopic (exact) mass is 518 g/mol. The largest absolute Gasteiger partial charge is 0.461 e. The lowest BCUT2D eigenvalue weighted by atomic mass is 9.88. The number of hydrogen-bond donors (Lipinski definition) is 0. The minimum Gasteiger partial charge on any atom is -0.461 e. The normalized spacial score (nSPS) is 16.1. The fraction of sp³-hybridized carbons (Fsp3) is 0.235. The molecule has 1 saturated heterocycles. The number of rotatable bonds is 6. The molecule has 0 amide bonds. The van der Waals surface area contributed by atoms with Crippen molar-refractivity contribution in [1.29, 1.82) is 0 Å². The molecular weight excluding hydrogens is 488 g/mol. The SMILES string of the molecule is Cc1ccc(C#Cc2ccc3oc(CC(C)(C)C(=O)OCC4C/C(=C\c5ccccc5)C(=O)O4)cc3c2)cc1. The van der Waals surface area contributed by atoms with E-state index in [9.17, 15) is 9.59 Å². The molecule has 0 N–H and O–H groups in total. The zero-order valence-corrected chi connectivity index (χ0v) is 22.3.